The van der Waals surface area contributed by atoms with Crippen molar-refractivity contribution < 1.29 is 33.3 Å². The van der Waals surface area contributed by atoms with Crippen molar-refractivity contribution in [1.82, 2.24) is 0 Å². The Morgan fingerprint density at radius 3 is 1.20 bits per heavy atom. The molecular weight excluding hydrogens is 287 g/mol. The lowest BCUT2D eigenvalue weighted by molar-refractivity contribution is -0.318. The minimum Gasteiger partial charge on any atom is -0.222 e. The molecule has 0 rings (SSSR count). The van der Waals surface area contributed by atoms with E-state index < -0.39 is 7.82 Å². The van der Waals surface area contributed by atoms with Crippen LogP contribution in [0.3, 0.4) is 0 Å². The Hall–Kier alpha value is -0.790. The molecule has 20 heavy (non-hydrogen) atoms. The average Bonchev–Trinajstić information content (AvgIpc) is 2.27. The first-order valence-corrected chi connectivity index (χ1v) is 7.18. The first-order valence-electron chi connectivity index (χ1n) is 5.72. The number of hydrogen-bond acceptors (Lipinski definition) is 7. The van der Waals surface area contributed by atoms with E-state index in [9.17, 15) is 4.57 Å². The zero-order valence-electron chi connectivity index (χ0n) is 12.0. The molecule has 0 aromatic rings. The summed E-state index contributed by atoms with van der Waals surface area (Å²) in [5.41, 5.74) is 1.96. The highest BCUT2D eigenvalue weighted by atomic mass is 31.2. The molecule has 0 radical (unpaired) electrons. The van der Waals surface area contributed by atoms with Gasteiger partial charge in [-0.2, -0.15) is 0 Å². The molecule has 0 aromatic heterocycles. The van der Waals surface area contributed by atoms with Crippen LogP contribution in [-0.2, 0) is 33.3 Å². The molecule has 0 heterocycles. The summed E-state index contributed by atoms with van der Waals surface area (Å²) in [6, 6.07) is 0. The van der Waals surface area contributed by atoms with Gasteiger partial charge >= 0.3 is 7.82 Å². The highest BCUT2D eigenvalue weighted by molar-refractivity contribution is 7.48. The molecule has 0 aliphatic heterocycles. The van der Waals surface area contributed by atoms with Crippen LogP contribution in [0.4, 0.5) is 0 Å². The molecule has 0 aliphatic carbocycles. The van der Waals surface area contributed by atoms with Crippen LogP contribution in [0.15, 0.2) is 36.5 Å². The van der Waals surface area contributed by atoms with Crippen LogP contribution in [-0.4, -0.2) is 19.8 Å². The van der Waals surface area contributed by atoms with Gasteiger partial charge in [0.05, 0.1) is 0 Å². The monoisotopic (exact) mass is 308 g/mol. The largest absolute Gasteiger partial charge is 0.556 e. The van der Waals surface area contributed by atoms with Gasteiger partial charge in [0, 0.05) is 0 Å². The Labute approximate surface area is 119 Å². The van der Waals surface area contributed by atoms with Crippen molar-refractivity contribution >= 4 is 7.82 Å². The Kier molecular flexibility index (Phi) is 9.62. The maximum absolute atomic E-state index is 12.0. The van der Waals surface area contributed by atoms with Crippen LogP contribution in [0.5, 0.6) is 0 Å². The maximum atomic E-state index is 12.0. The van der Waals surface area contributed by atoms with E-state index in [2.05, 4.69) is 48.4 Å². The van der Waals surface area contributed by atoms with E-state index >= 15 is 0 Å². The van der Waals surface area contributed by atoms with Crippen LogP contribution < -0.4 is 0 Å². The summed E-state index contributed by atoms with van der Waals surface area (Å²) >= 11 is 0. The lowest BCUT2D eigenvalue weighted by Crippen LogP contribution is -2.06. The van der Waals surface area contributed by atoms with Crippen molar-refractivity contribution in [3.05, 3.63) is 36.5 Å². The lowest BCUT2D eigenvalue weighted by atomic mass is 10.4. The number of phosphoric acid groups is 1. The van der Waals surface area contributed by atoms with Gasteiger partial charge in [-0.1, -0.05) is 36.5 Å². The van der Waals surface area contributed by atoms with E-state index in [1.54, 1.807) is 20.8 Å². The van der Waals surface area contributed by atoms with Crippen molar-refractivity contribution in [1.29, 1.82) is 0 Å². The molecular formula is C12H21O7P. The van der Waals surface area contributed by atoms with E-state index in [0.29, 0.717) is 16.7 Å². The molecule has 0 atom stereocenters. The Balaban J connectivity index is 4.33. The minimum absolute atomic E-state index is 0.0116. The highest BCUT2D eigenvalue weighted by Crippen LogP contribution is 2.50. The van der Waals surface area contributed by atoms with E-state index in [-0.39, 0.29) is 19.8 Å². The summed E-state index contributed by atoms with van der Waals surface area (Å²) in [5.74, 6) is 0. The molecule has 0 aliphatic rings. The molecule has 0 saturated heterocycles. The third-order valence-electron chi connectivity index (χ3n) is 1.35. The third kappa shape index (κ3) is 11.1. The molecule has 0 spiro atoms. The van der Waals surface area contributed by atoms with Gasteiger partial charge < -0.3 is 0 Å². The molecule has 7 nitrogen and oxygen atoms in total. The summed E-state index contributed by atoms with van der Waals surface area (Å²) < 4.78 is 25.7. The highest BCUT2D eigenvalue weighted by Gasteiger charge is 2.32. The van der Waals surface area contributed by atoms with Crippen molar-refractivity contribution in [3.8, 4) is 0 Å². The second-order valence-electron chi connectivity index (χ2n) is 4.33. The fourth-order valence-electron chi connectivity index (χ4n) is 0.612. The van der Waals surface area contributed by atoms with Crippen LogP contribution in [0.25, 0.3) is 0 Å². The van der Waals surface area contributed by atoms with Gasteiger partial charge in [0.25, 0.3) is 0 Å². The van der Waals surface area contributed by atoms with Crippen LogP contribution in [0.2, 0.25) is 0 Å². The van der Waals surface area contributed by atoms with Crippen molar-refractivity contribution in [2.75, 3.05) is 19.8 Å². The van der Waals surface area contributed by atoms with Gasteiger partial charge in [-0.3, -0.25) is 0 Å². The molecule has 0 N–H and O–H groups in total. The molecule has 0 bridgehead atoms. The van der Waals surface area contributed by atoms with E-state index in [4.69, 9.17) is 0 Å². The van der Waals surface area contributed by atoms with Crippen LogP contribution >= 0.6 is 7.82 Å². The molecule has 0 amide bonds. The predicted octanol–water partition coefficient (Wildman–Crippen LogP) is 3.67. The average molecular weight is 308 g/mol. The van der Waals surface area contributed by atoms with E-state index in [1.165, 1.54) is 0 Å². The molecule has 8 heteroatoms. The molecule has 0 saturated carbocycles. The topological polar surface area (TPSA) is 72.5 Å². The second-order valence-corrected chi connectivity index (χ2v) is 5.67. The fourth-order valence-corrected chi connectivity index (χ4v) is 1.23. The normalized spacial score (nSPS) is 11.3. The van der Waals surface area contributed by atoms with Gasteiger partial charge in [-0.25, -0.2) is 19.2 Å². The Morgan fingerprint density at radius 1 is 0.750 bits per heavy atom. The second kappa shape index (κ2) is 10.0. The summed E-state index contributed by atoms with van der Waals surface area (Å²) in [6.45, 7) is 15.9. The van der Waals surface area contributed by atoms with Gasteiger partial charge in [0.1, 0.15) is 19.8 Å². The first-order chi connectivity index (χ1) is 9.25. The Morgan fingerprint density at radius 2 is 1.00 bits per heavy atom. The van der Waals surface area contributed by atoms with Crippen LogP contribution in [0.1, 0.15) is 20.8 Å². The van der Waals surface area contributed by atoms with Gasteiger partial charge in [0.2, 0.25) is 0 Å². The summed E-state index contributed by atoms with van der Waals surface area (Å²) in [5, 5.41) is 0. The first kappa shape index (κ1) is 19.2. The van der Waals surface area contributed by atoms with Gasteiger partial charge in [0.15, 0.2) is 0 Å². The summed E-state index contributed by atoms with van der Waals surface area (Å²) in [7, 11) is -4.18. The fraction of sp³-hybridized carbons (Fsp3) is 0.500. The smallest absolute Gasteiger partial charge is 0.222 e. The number of rotatable bonds is 12. The van der Waals surface area contributed by atoms with Gasteiger partial charge in [-0.05, 0) is 20.8 Å². The van der Waals surface area contributed by atoms with Crippen LogP contribution in [0, 0.1) is 0 Å². The number of hydrogen-bond donors (Lipinski definition) is 0. The zero-order valence-corrected chi connectivity index (χ0v) is 12.9. The van der Waals surface area contributed by atoms with Gasteiger partial charge in [-0.15, -0.1) is 14.0 Å². The standard InChI is InChI=1S/C12H21O7P/c1-10(2)7-14-17-20(13,18-15-8-11(3)4)19-16-9-12(5)6/h1,3,5,7-9H2,2,4,6H3. The minimum atomic E-state index is -4.18. The molecule has 0 unspecified atom stereocenters. The summed E-state index contributed by atoms with van der Waals surface area (Å²) in [6.07, 6.45) is 0. The quantitative estimate of drug-likeness (QED) is 0.236. The lowest BCUT2D eigenvalue weighted by Gasteiger charge is -2.14. The molecule has 116 valence electrons. The SMILES string of the molecule is C=C(C)COOP(=O)(OOCC(=C)C)OOCC(=C)C. The van der Waals surface area contributed by atoms with Crippen molar-refractivity contribution in [3.63, 3.8) is 0 Å². The van der Waals surface area contributed by atoms with E-state index in [1.807, 2.05) is 0 Å². The molecule has 0 aromatic carbocycles. The third-order valence-corrected chi connectivity index (χ3v) is 2.21. The zero-order chi connectivity index (χ0) is 15.6. The predicted molar refractivity (Wildman–Crippen MR) is 73.2 cm³/mol. The van der Waals surface area contributed by atoms with Crippen molar-refractivity contribution in [2.24, 2.45) is 0 Å². The van der Waals surface area contributed by atoms with E-state index in [0.717, 1.165) is 0 Å². The molecule has 0 fully saturated rings. The Bertz CT molecular complexity index is 334. The van der Waals surface area contributed by atoms with Crippen molar-refractivity contribution in [2.45, 2.75) is 20.8 Å². The summed E-state index contributed by atoms with van der Waals surface area (Å²) in [4.78, 5) is 14.0. The maximum Gasteiger partial charge on any atom is 0.556 e.